The second kappa shape index (κ2) is 6.11. The predicted molar refractivity (Wildman–Crippen MR) is 88.0 cm³/mol. The number of carbonyl (C=O) groups is 1. The van der Waals surface area contributed by atoms with Crippen molar-refractivity contribution in [1.82, 2.24) is 34.7 Å². The van der Waals surface area contributed by atoms with Gasteiger partial charge in [-0.1, -0.05) is 4.49 Å². The molecule has 9 nitrogen and oxygen atoms in total. The highest BCUT2D eigenvalue weighted by molar-refractivity contribution is 7.07. The number of nitrogens with zero attached hydrogens (tertiary/aromatic N) is 7. The summed E-state index contributed by atoms with van der Waals surface area (Å²) in [4.78, 5) is 14.9. The van der Waals surface area contributed by atoms with Crippen molar-refractivity contribution in [2.75, 3.05) is 18.0 Å². The monoisotopic (exact) mass is 344 g/mol. The van der Waals surface area contributed by atoms with Crippen molar-refractivity contribution in [1.29, 1.82) is 0 Å². The van der Waals surface area contributed by atoms with Crippen LogP contribution in [0.3, 0.4) is 0 Å². The summed E-state index contributed by atoms with van der Waals surface area (Å²) in [5, 5.41) is 19.5. The Balaban J connectivity index is 1.54. The molecule has 0 spiro atoms. The van der Waals surface area contributed by atoms with Crippen LogP contribution < -0.4 is 10.2 Å². The third-order valence-corrected chi connectivity index (χ3v) is 4.83. The third-order valence-electron chi connectivity index (χ3n) is 4.01. The molecule has 1 N–H and O–H groups in total. The highest BCUT2D eigenvalue weighted by Crippen LogP contribution is 2.18. The minimum atomic E-state index is -0.213. The quantitative estimate of drug-likeness (QED) is 0.747. The number of anilines is 1. The fourth-order valence-corrected chi connectivity index (χ4v) is 3.30. The van der Waals surface area contributed by atoms with E-state index in [2.05, 4.69) is 35.1 Å². The van der Waals surface area contributed by atoms with Crippen LogP contribution >= 0.6 is 11.5 Å². The van der Waals surface area contributed by atoms with Crippen LogP contribution in [-0.4, -0.2) is 48.4 Å². The zero-order valence-corrected chi connectivity index (χ0v) is 14.0. The van der Waals surface area contributed by atoms with Crippen LogP contribution in [0.4, 0.5) is 5.82 Å². The summed E-state index contributed by atoms with van der Waals surface area (Å²) in [7, 11) is 0. The van der Waals surface area contributed by atoms with E-state index in [1.807, 2.05) is 12.1 Å². The minimum Gasteiger partial charge on any atom is -0.355 e. The number of rotatable bonds is 4. The van der Waals surface area contributed by atoms with Gasteiger partial charge in [0.15, 0.2) is 11.5 Å². The van der Waals surface area contributed by atoms with E-state index >= 15 is 0 Å². The maximum Gasteiger partial charge on any atom is 0.265 e. The first-order valence-corrected chi connectivity index (χ1v) is 8.53. The van der Waals surface area contributed by atoms with Gasteiger partial charge in [0.05, 0.1) is 12.2 Å². The molecule has 0 aliphatic carbocycles. The molecule has 1 fully saturated rings. The normalized spacial score (nSPS) is 14.5. The molecule has 1 amide bonds. The molecular formula is C14H16N8OS. The van der Waals surface area contributed by atoms with E-state index in [0.717, 1.165) is 30.4 Å². The van der Waals surface area contributed by atoms with E-state index in [0.29, 0.717) is 22.0 Å². The van der Waals surface area contributed by atoms with E-state index < -0.39 is 0 Å². The molecule has 0 unspecified atom stereocenters. The first-order valence-electron chi connectivity index (χ1n) is 7.76. The number of carbonyl (C=O) groups excluding carboxylic acids is 1. The second-order valence-corrected chi connectivity index (χ2v) is 6.40. The zero-order chi connectivity index (χ0) is 16.5. The maximum atomic E-state index is 12.2. The van der Waals surface area contributed by atoms with E-state index in [4.69, 9.17) is 0 Å². The number of aromatic nitrogens is 6. The molecule has 3 aromatic rings. The Hall–Kier alpha value is -2.62. The molecule has 4 rings (SSSR count). The van der Waals surface area contributed by atoms with Crippen molar-refractivity contribution in [2.24, 2.45) is 0 Å². The van der Waals surface area contributed by atoms with Crippen LogP contribution in [0.15, 0.2) is 12.1 Å². The van der Waals surface area contributed by atoms with Gasteiger partial charge in [-0.25, -0.2) is 0 Å². The van der Waals surface area contributed by atoms with Crippen LogP contribution in [-0.2, 0) is 6.54 Å². The molecule has 1 saturated heterocycles. The summed E-state index contributed by atoms with van der Waals surface area (Å²) in [5.41, 5.74) is 1.29. The molecule has 0 radical (unpaired) electrons. The first-order chi connectivity index (χ1) is 11.7. The number of amides is 1. The molecule has 0 saturated carbocycles. The molecule has 3 aromatic heterocycles. The second-order valence-electron chi connectivity index (χ2n) is 5.64. The highest BCUT2D eigenvalue weighted by atomic mass is 32.1. The molecule has 124 valence electrons. The van der Waals surface area contributed by atoms with E-state index in [1.54, 1.807) is 11.4 Å². The van der Waals surface area contributed by atoms with Crippen molar-refractivity contribution in [3.05, 3.63) is 28.5 Å². The zero-order valence-electron chi connectivity index (χ0n) is 13.1. The fourth-order valence-electron chi connectivity index (χ4n) is 2.73. The van der Waals surface area contributed by atoms with Gasteiger partial charge in [0.2, 0.25) is 0 Å². The molecule has 24 heavy (non-hydrogen) atoms. The topological polar surface area (TPSA) is 101 Å². The molecule has 0 aromatic carbocycles. The van der Waals surface area contributed by atoms with E-state index in [1.165, 1.54) is 12.8 Å². The fraction of sp³-hybridized carbons (Fsp3) is 0.429. The first kappa shape index (κ1) is 14.9. The lowest BCUT2D eigenvalue weighted by Gasteiger charge is -2.15. The summed E-state index contributed by atoms with van der Waals surface area (Å²) in [6.45, 7) is 4.04. The van der Waals surface area contributed by atoms with Gasteiger partial charge < -0.3 is 10.2 Å². The lowest BCUT2D eigenvalue weighted by atomic mass is 10.4. The molecular weight excluding hydrogens is 328 g/mol. The van der Waals surface area contributed by atoms with Gasteiger partial charge in [0.1, 0.15) is 10.7 Å². The SMILES string of the molecule is Cc1nnsc1C(=O)NCc1nnc2ccc(N3CCCC3)nn12. The average Bonchev–Trinajstić information content (AvgIpc) is 3.33. The molecule has 10 heteroatoms. The Bertz CT molecular complexity index is 882. The Morgan fingerprint density at radius 3 is 2.83 bits per heavy atom. The molecule has 1 aliphatic rings. The lowest BCUT2D eigenvalue weighted by Crippen LogP contribution is -2.24. The summed E-state index contributed by atoms with van der Waals surface area (Å²) in [5.74, 6) is 1.29. The van der Waals surface area contributed by atoms with Crippen molar-refractivity contribution >= 4 is 28.9 Å². The summed E-state index contributed by atoms with van der Waals surface area (Å²) >= 11 is 1.08. The summed E-state index contributed by atoms with van der Waals surface area (Å²) < 4.78 is 5.46. The highest BCUT2D eigenvalue weighted by Gasteiger charge is 2.17. The number of nitrogens with one attached hydrogen (secondary N) is 1. The Labute approximate surface area is 141 Å². The van der Waals surface area contributed by atoms with Crippen LogP contribution in [0.25, 0.3) is 5.65 Å². The number of hydrogen-bond donors (Lipinski definition) is 1. The van der Waals surface area contributed by atoms with Gasteiger partial charge in [-0.2, -0.15) is 4.52 Å². The predicted octanol–water partition coefficient (Wildman–Crippen LogP) is 0.814. The van der Waals surface area contributed by atoms with E-state index in [9.17, 15) is 4.79 Å². The number of fused-ring (bicyclic) bond motifs is 1. The number of aryl methyl sites for hydroxylation is 1. The van der Waals surface area contributed by atoms with Crippen molar-refractivity contribution < 1.29 is 4.79 Å². The van der Waals surface area contributed by atoms with Crippen LogP contribution in [0, 0.1) is 6.92 Å². The average molecular weight is 344 g/mol. The Kier molecular flexibility index (Phi) is 3.81. The van der Waals surface area contributed by atoms with Crippen molar-refractivity contribution in [3.63, 3.8) is 0 Å². The van der Waals surface area contributed by atoms with Crippen LogP contribution in [0.2, 0.25) is 0 Å². The maximum absolute atomic E-state index is 12.2. The van der Waals surface area contributed by atoms with Crippen LogP contribution in [0.1, 0.15) is 34.0 Å². The van der Waals surface area contributed by atoms with Gasteiger partial charge in [0.25, 0.3) is 5.91 Å². The third kappa shape index (κ3) is 2.68. The van der Waals surface area contributed by atoms with Gasteiger partial charge >= 0.3 is 0 Å². The smallest absolute Gasteiger partial charge is 0.265 e. The molecule has 0 atom stereocenters. The molecule has 0 bridgehead atoms. The standard InChI is InChI=1S/C14H16N8OS/c1-9-13(24-20-16-9)14(23)15-8-12-18-17-10-4-5-11(19-22(10)12)21-6-2-3-7-21/h4-5H,2-3,6-8H2,1H3,(H,15,23). The number of hydrogen-bond acceptors (Lipinski definition) is 8. The summed E-state index contributed by atoms with van der Waals surface area (Å²) in [6.07, 6.45) is 2.38. The van der Waals surface area contributed by atoms with Gasteiger partial charge in [-0.15, -0.1) is 20.4 Å². The van der Waals surface area contributed by atoms with Gasteiger partial charge in [-0.3, -0.25) is 4.79 Å². The van der Waals surface area contributed by atoms with E-state index in [-0.39, 0.29) is 12.5 Å². The Morgan fingerprint density at radius 2 is 2.08 bits per heavy atom. The van der Waals surface area contributed by atoms with Gasteiger partial charge in [0, 0.05) is 13.1 Å². The van der Waals surface area contributed by atoms with Crippen molar-refractivity contribution in [2.45, 2.75) is 26.3 Å². The largest absolute Gasteiger partial charge is 0.355 e. The summed E-state index contributed by atoms with van der Waals surface area (Å²) in [6, 6.07) is 3.86. The Morgan fingerprint density at radius 1 is 1.25 bits per heavy atom. The van der Waals surface area contributed by atoms with Crippen molar-refractivity contribution in [3.8, 4) is 0 Å². The minimum absolute atomic E-state index is 0.213. The van der Waals surface area contributed by atoms with Crippen LogP contribution in [0.5, 0.6) is 0 Å². The molecule has 1 aliphatic heterocycles. The van der Waals surface area contributed by atoms with Gasteiger partial charge in [-0.05, 0) is 43.4 Å². The lowest BCUT2D eigenvalue weighted by molar-refractivity contribution is 0.0953. The molecule has 4 heterocycles.